The van der Waals surface area contributed by atoms with Gasteiger partial charge in [0, 0.05) is 22.5 Å². The molecule has 0 fully saturated rings. The van der Waals surface area contributed by atoms with Gasteiger partial charge in [-0.05, 0) is 36.4 Å². The Morgan fingerprint density at radius 3 is 2.62 bits per heavy atom. The maximum absolute atomic E-state index is 12.0. The first-order valence-corrected chi connectivity index (χ1v) is 9.07. The Morgan fingerprint density at radius 2 is 1.95 bits per heavy atom. The molecule has 2 rings (SSSR count). The molecule has 0 aliphatic heterocycles. The molecule has 0 saturated heterocycles. The minimum absolute atomic E-state index is 0.0328. The molecule has 3 N–H and O–H groups in total. The second-order valence-electron chi connectivity index (χ2n) is 4.17. The number of aromatic nitrogens is 1. The zero-order chi connectivity index (χ0) is 15.3. The fraction of sp³-hybridized carbons (Fsp3) is 0.154. The van der Waals surface area contributed by atoms with E-state index in [1.54, 1.807) is 24.3 Å². The predicted octanol–water partition coefficient (Wildman–Crippen LogP) is 2.85. The van der Waals surface area contributed by atoms with E-state index in [9.17, 15) is 8.42 Å². The average molecular weight is 344 g/mol. The van der Waals surface area contributed by atoms with Crippen LogP contribution in [0.2, 0.25) is 5.02 Å². The number of nitrogens with zero attached hydrogens (tertiary/aromatic N) is 1. The normalized spacial score (nSPS) is 11.3. The van der Waals surface area contributed by atoms with Gasteiger partial charge < -0.3 is 5.73 Å². The van der Waals surface area contributed by atoms with Crippen molar-refractivity contribution in [2.45, 2.75) is 4.90 Å². The van der Waals surface area contributed by atoms with Gasteiger partial charge in [0.2, 0.25) is 10.0 Å². The highest BCUT2D eigenvalue weighted by atomic mass is 35.5. The van der Waals surface area contributed by atoms with Crippen molar-refractivity contribution in [1.29, 1.82) is 0 Å². The minimum atomic E-state index is -3.48. The third kappa shape index (κ3) is 5.11. The molecule has 0 spiro atoms. The van der Waals surface area contributed by atoms with Crippen molar-refractivity contribution >= 4 is 44.9 Å². The van der Waals surface area contributed by atoms with E-state index in [1.807, 2.05) is 12.1 Å². The van der Waals surface area contributed by atoms with Crippen LogP contribution < -0.4 is 10.5 Å². The van der Waals surface area contributed by atoms with Gasteiger partial charge in [-0.25, -0.2) is 13.4 Å². The standard InChI is InChI=1S/C13H14ClN3O2S2/c14-12-2-1-7-16-13(12)17-21(18,19)9-8-20-11-5-3-10(15)4-6-11/h1-7H,8-9,15H2,(H,16,17). The number of benzene rings is 1. The van der Waals surface area contributed by atoms with E-state index in [4.69, 9.17) is 17.3 Å². The second-order valence-corrected chi connectivity index (χ2v) is 7.59. The molecule has 0 radical (unpaired) electrons. The quantitative estimate of drug-likeness (QED) is 0.622. The summed E-state index contributed by atoms with van der Waals surface area (Å²) in [4.78, 5) is 4.86. The first-order valence-electron chi connectivity index (χ1n) is 6.06. The Hall–Kier alpha value is -1.44. The minimum Gasteiger partial charge on any atom is -0.399 e. The molecular weight excluding hydrogens is 330 g/mol. The lowest BCUT2D eigenvalue weighted by Crippen LogP contribution is -2.19. The van der Waals surface area contributed by atoms with E-state index in [0.29, 0.717) is 11.4 Å². The molecule has 5 nitrogen and oxygen atoms in total. The predicted molar refractivity (Wildman–Crippen MR) is 88.2 cm³/mol. The van der Waals surface area contributed by atoms with Crippen LogP contribution in [0.25, 0.3) is 0 Å². The number of halogens is 1. The zero-order valence-corrected chi connectivity index (χ0v) is 13.4. The lowest BCUT2D eigenvalue weighted by Gasteiger charge is -2.08. The van der Waals surface area contributed by atoms with Crippen molar-refractivity contribution in [1.82, 2.24) is 4.98 Å². The molecule has 0 bridgehead atoms. The maximum Gasteiger partial charge on any atom is 0.234 e. The van der Waals surface area contributed by atoms with Crippen LogP contribution in [-0.4, -0.2) is 24.9 Å². The average Bonchev–Trinajstić information content (AvgIpc) is 2.43. The molecule has 112 valence electrons. The van der Waals surface area contributed by atoms with Crippen LogP contribution in [-0.2, 0) is 10.0 Å². The van der Waals surface area contributed by atoms with Gasteiger partial charge in [-0.3, -0.25) is 4.72 Å². The Morgan fingerprint density at radius 1 is 1.24 bits per heavy atom. The van der Waals surface area contributed by atoms with Crippen LogP contribution in [0, 0.1) is 0 Å². The summed E-state index contributed by atoms with van der Waals surface area (Å²) in [5.74, 6) is 0.537. The first kappa shape index (κ1) is 15.9. The number of sulfonamides is 1. The van der Waals surface area contributed by atoms with Gasteiger partial charge in [-0.1, -0.05) is 11.6 Å². The van der Waals surface area contributed by atoms with Crippen LogP contribution in [0.1, 0.15) is 0 Å². The summed E-state index contributed by atoms with van der Waals surface area (Å²) in [5.41, 5.74) is 6.27. The molecular formula is C13H14ClN3O2S2. The van der Waals surface area contributed by atoms with Crippen molar-refractivity contribution in [2.75, 3.05) is 22.0 Å². The number of hydrogen-bond donors (Lipinski definition) is 2. The third-order valence-corrected chi connectivity index (χ3v) is 5.33. The number of thioether (sulfide) groups is 1. The monoisotopic (exact) mass is 343 g/mol. The summed E-state index contributed by atoms with van der Waals surface area (Å²) in [7, 11) is -3.48. The third-order valence-electron chi connectivity index (χ3n) is 2.51. The number of nitrogen functional groups attached to an aromatic ring is 1. The van der Waals surface area contributed by atoms with E-state index in [1.165, 1.54) is 18.0 Å². The number of anilines is 2. The van der Waals surface area contributed by atoms with Crippen LogP contribution in [0.4, 0.5) is 11.5 Å². The summed E-state index contributed by atoms with van der Waals surface area (Å²) >= 11 is 7.31. The highest BCUT2D eigenvalue weighted by molar-refractivity contribution is 8.01. The Kier molecular flexibility index (Phi) is 5.33. The smallest absolute Gasteiger partial charge is 0.234 e. The lowest BCUT2D eigenvalue weighted by atomic mass is 10.3. The van der Waals surface area contributed by atoms with Gasteiger partial charge in [-0.2, -0.15) is 0 Å². The van der Waals surface area contributed by atoms with Gasteiger partial charge in [0.05, 0.1) is 10.8 Å². The SMILES string of the molecule is Nc1ccc(SCCS(=O)(=O)Nc2ncccc2Cl)cc1. The second kappa shape index (κ2) is 7.02. The summed E-state index contributed by atoms with van der Waals surface area (Å²) < 4.78 is 26.3. The van der Waals surface area contributed by atoms with Gasteiger partial charge in [0.25, 0.3) is 0 Å². The highest BCUT2D eigenvalue weighted by Gasteiger charge is 2.13. The summed E-state index contributed by atoms with van der Waals surface area (Å²) in [5, 5.41) is 0.271. The number of rotatable bonds is 6. The molecule has 1 heterocycles. The summed E-state index contributed by atoms with van der Waals surface area (Å²) in [6.07, 6.45) is 1.48. The number of pyridine rings is 1. The first-order chi connectivity index (χ1) is 9.96. The van der Waals surface area contributed by atoms with Gasteiger partial charge in [0.1, 0.15) is 0 Å². The number of hydrogen-bond acceptors (Lipinski definition) is 5. The molecule has 8 heteroatoms. The summed E-state index contributed by atoms with van der Waals surface area (Å²) in [6.45, 7) is 0. The van der Waals surface area contributed by atoms with E-state index >= 15 is 0 Å². The zero-order valence-electron chi connectivity index (χ0n) is 11.0. The maximum atomic E-state index is 12.0. The van der Waals surface area contributed by atoms with Crippen molar-refractivity contribution in [3.8, 4) is 0 Å². The lowest BCUT2D eigenvalue weighted by molar-refractivity contribution is 0.602. The van der Waals surface area contributed by atoms with Crippen molar-refractivity contribution in [3.63, 3.8) is 0 Å². The number of nitrogens with one attached hydrogen (secondary N) is 1. The van der Waals surface area contributed by atoms with Crippen molar-refractivity contribution in [3.05, 3.63) is 47.6 Å². The van der Waals surface area contributed by atoms with Crippen molar-refractivity contribution < 1.29 is 8.42 Å². The summed E-state index contributed by atoms with van der Waals surface area (Å²) in [6, 6.07) is 10.5. The molecule has 0 amide bonds. The molecule has 0 atom stereocenters. The van der Waals surface area contributed by atoms with Crippen LogP contribution in [0.3, 0.4) is 0 Å². The molecule has 1 aromatic carbocycles. The molecule has 1 aromatic heterocycles. The van der Waals surface area contributed by atoms with Gasteiger partial charge in [0.15, 0.2) is 5.82 Å². The van der Waals surface area contributed by atoms with Gasteiger partial charge >= 0.3 is 0 Å². The van der Waals surface area contributed by atoms with E-state index in [-0.39, 0.29) is 16.6 Å². The largest absolute Gasteiger partial charge is 0.399 e. The van der Waals surface area contributed by atoms with E-state index < -0.39 is 10.0 Å². The van der Waals surface area contributed by atoms with Gasteiger partial charge in [-0.15, -0.1) is 11.8 Å². The molecule has 0 unspecified atom stereocenters. The van der Waals surface area contributed by atoms with Crippen molar-refractivity contribution in [2.24, 2.45) is 0 Å². The molecule has 0 aliphatic carbocycles. The fourth-order valence-corrected chi connectivity index (χ4v) is 4.05. The molecule has 0 aliphatic rings. The van der Waals surface area contributed by atoms with Crippen LogP contribution in [0.15, 0.2) is 47.5 Å². The van der Waals surface area contributed by atoms with E-state index in [0.717, 1.165) is 4.90 Å². The topological polar surface area (TPSA) is 85.1 Å². The highest BCUT2D eigenvalue weighted by Crippen LogP contribution is 2.21. The Balaban J connectivity index is 1.90. The molecule has 21 heavy (non-hydrogen) atoms. The Bertz CT molecular complexity index is 706. The number of nitrogens with two attached hydrogens (primary N) is 1. The van der Waals surface area contributed by atoms with E-state index in [2.05, 4.69) is 9.71 Å². The van der Waals surface area contributed by atoms with Crippen LogP contribution >= 0.6 is 23.4 Å². The Labute approximate surface area is 133 Å². The molecule has 2 aromatic rings. The molecule has 0 saturated carbocycles. The fourth-order valence-electron chi connectivity index (χ4n) is 1.49. The van der Waals surface area contributed by atoms with Crippen LogP contribution in [0.5, 0.6) is 0 Å².